The van der Waals surface area contributed by atoms with E-state index in [-0.39, 0.29) is 0 Å². The Hall–Kier alpha value is -1.99. The third kappa shape index (κ3) is 1.73. The van der Waals surface area contributed by atoms with Gasteiger partial charge in [0.05, 0.1) is 28.8 Å². The molecule has 0 spiro atoms. The number of hydrazine groups is 2. The van der Waals surface area contributed by atoms with Gasteiger partial charge in [0.15, 0.2) is 0 Å². The number of aromatic nitrogens is 3. The van der Waals surface area contributed by atoms with E-state index in [0.717, 1.165) is 0 Å². The standard InChI is InChI=1S/C9H6Cl2N6O/c10-6-3-8(11)7-5-16(15-2-1-12-13-15)14-17(18)9(7)4-6/h1-5,14H. The van der Waals surface area contributed by atoms with Crippen LogP contribution in [0.3, 0.4) is 0 Å². The Labute approximate surface area is 111 Å². The van der Waals surface area contributed by atoms with E-state index in [9.17, 15) is 5.21 Å². The Morgan fingerprint density at radius 2 is 2.17 bits per heavy atom. The van der Waals surface area contributed by atoms with Gasteiger partial charge >= 0.3 is 0 Å². The number of rotatable bonds is 1. The van der Waals surface area contributed by atoms with Crippen molar-refractivity contribution in [2.75, 3.05) is 5.12 Å². The molecule has 0 saturated carbocycles. The van der Waals surface area contributed by atoms with Crippen molar-refractivity contribution in [2.45, 2.75) is 0 Å². The Kier molecular flexibility index (Phi) is 2.49. The van der Waals surface area contributed by atoms with Gasteiger partial charge in [-0.25, -0.2) is 0 Å². The van der Waals surface area contributed by atoms with Crippen LogP contribution in [0.1, 0.15) is 0 Å². The first-order chi connectivity index (χ1) is 8.65. The molecule has 1 aliphatic rings. The number of fused-ring (bicyclic) bond motifs is 1. The average molecular weight is 285 g/mol. The van der Waals surface area contributed by atoms with Crippen LogP contribution >= 0.6 is 23.2 Å². The largest absolute Gasteiger partial charge is 0.594 e. The summed E-state index contributed by atoms with van der Waals surface area (Å²) in [6.07, 6.45) is 4.69. The Balaban J connectivity index is 2.24. The fourth-order valence-electron chi connectivity index (χ4n) is 1.59. The molecule has 0 unspecified atom stereocenters. The first kappa shape index (κ1) is 11.1. The number of hydrogen-bond acceptors (Lipinski definition) is 5. The second-order valence-corrected chi connectivity index (χ2v) is 4.36. The summed E-state index contributed by atoms with van der Waals surface area (Å²) in [6.45, 7) is 0. The molecule has 3 rings (SSSR count). The minimum Gasteiger partial charge on any atom is -0.594 e. The summed E-state index contributed by atoms with van der Waals surface area (Å²) in [7, 11) is 0. The van der Waals surface area contributed by atoms with Gasteiger partial charge in [0.25, 0.3) is 5.36 Å². The van der Waals surface area contributed by atoms with Crippen molar-refractivity contribution >= 4 is 29.4 Å². The summed E-state index contributed by atoms with van der Waals surface area (Å²) in [5.74, 6) is 0. The van der Waals surface area contributed by atoms with Crippen LogP contribution in [0.25, 0.3) is 6.20 Å². The summed E-state index contributed by atoms with van der Waals surface area (Å²) in [5.41, 5.74) is 2.53. The van der Waals surface area contributed by atoms with E-state index in [1.54, 1.807) is 18.5 Å². The maximum atomic E-state index is 11.9. The molecule has 0 bridgehead atoms. The molecule has 0 aliphatic carbocycles. The molecule has 2 heterocycles. The SMILES string of the molecule is [O-][N+]1=c2cc(Cl)cc(Cl)c2=CN(n2ccnn2)N1. The van der Waals surface area contributed by atoms with Gasteiger partial charge in [0.2, 0.25) is 0 Å². The second kappa shape index (κ2) is 4.04. The third-order valence-corrected chi connectivity index (χ3v) is 2.90. The van der Waals surface area contributed by atoms with Crippen LogP contribution in [0.5, 0.6) is 0 Å². The lowest BCUT2D eigenvalue weighted by atomic mass is 10.3. The molecule has 0 saturated heterocycles. The lowest BCUT2D eigenvalue weighted by Gasteiger charge is -2.21. The summed E-state index contributed by atoms with van der Waals surface area (Å²) >= 11 is 11.9. The van der Waals surface area contributed by atoms with Crippen LogP contribution in [-0.2, 0) is 0 Å². The molecule has 1 aromatic carbocycles. The molecule has 0 atom stereocenters. The van der Waals surface area contributed by atoms with E-state index < -0.39 is 0 Å². The van der Waals surface area contributed by atoms with Crippen molar-refractivity contribution in [2.24, 2.45) is 0 Å². The van der Waals surface area contributed by atoms with Gasteiger partial charge in [-0.1, -0.05) is 33.6 Å². The second-order valence-electron chi connectivity index (χ2n) is 3.51. The van der Waals surface area contributed by atoms with Crippen LogP contribution in [0.15, 0.2) is 24.5 Å². The van der Waals surface area contributed by atoms with E-state index >= 15 is 0 Å². The van der Waals surface area contributed by atoms with E-state index in [2.05, 4.69) is 15.8 Å². The lowest BCUT2D eigenvalue weighted by Crippen LogP contribution is -2.59. The highest BCUT2D eigenvalue weighted by Crippen LogP contribution is 2.09. The van der Waals surface area contributed by atoms with Gasteiger partial charge in [0, 0.05) is 11.1 Å². The number of benzene rings is 1. The van der Waals surface area contributed by atoms with Crippen molar-refractivity contribution in [3.05, 3.63) is 50.4 Å². The number of nitrogens with zero attached hydrogens (tertiary/aromatic N) is 5. The van der Waals surface area contributed by atoms with E-state index in [1.807, 2.05) is 0 Å². The summed E-state index contributed by atoms with van der Waals surface area (Å²) < 4.78 is 0. The Morgan fingerprint density at radius 3 is 2.89 bits per heavy atom. The molecule has 18 heavy (non-hydrogen) atoms. The number of hydrogen-bond donors (Lipinski definition) is 1. The first-order valence-corrected chi connectivity index (χ1v) is 5.64. The molecule has 1 N–H and O–H groups in total. The van der Waals surface area contributed by atoms with E-state index in [0.29, 0.717) is 25.5 Å². The molecule has 92 valence electrons. The zero-order chi connectivity index (χ0) is 12.7. The van der Waals surface area contributed by atoms with Crippen LogP contribution < -0.4 is 26.1 Å². The van der Waals surface area contributed by atoms with Crippen molar-refractivity contribution < 1.29 is 0 Å². The van der Waals surface area contributed by atoms with Crippen LogP contribution in [0.4, 0.5) is 0 Å². The fourth-order valence-corrected chi connectivity index (χ4v) is 2.12. The summed E-state index contributed by atoms with van der Waals surface area (Å²) in [6, 6.07) is 3.09. The van der Waals surface area contributed by atoms with Crippen LogP contribution in [0, 0.1) is 5.21 Å². The Bertz CT molecular complexity index is 713. The molecule has 2 aromatic rings. The molecular formula is C9H6Cl2N6O. The maximum Gasteiger partial charge on any atom is 0.255 e. The van der Waals surface area contributed by atoms with Crippen molar-refractivity contribution in [3.8, 4) is 0 Å². The number of nitrogens with one attached hydrogen (secondary N) is 1. The number of halogens is 2. The van der Waals surface area contributed by atoms with E-state index in [4.69, 9.17) is 23.2 Å². The summed E-state index contributed by atoms with van der Waals surface area (Å²) in [4.78, 5) is 1.90. The third-order valence-electron chi connectivity index (χ3n) is 2.37. The predicted molar refractivity (Wildman–Crippen MR) is 66.2 cm³/mol. The molecule has 1 aliphatic heterocycles. The van der Waals surface area contributed by atoms with Gasteiger partial charge in [-0.3, -0.25) is 0 Å². The van der Waals surface area contributed by atoms with Crippen LogP contribution in [-0.4, -0.2) is 15.1 Å². The van der Waals surface area contributed by atoms with Crippen molar-refractivity contribution in [3.63, 3.8) is 0 Å². The molecule has 9 heteroatoms. The van der Waals surface area contributed by atoms with Crippen molar-refractivity contribution in [1.29, 1.82) is 0 Å². The van der Waals surface area contributed by atoms with Gasteiger partial charge in [-0.2, -0.15) is 0 Å². The topological polar surface area (TPSA) is 72.0 Å². The quantitative estimate of drug-likeness (QED) is 0.558. The minimum absolute atomic E-state index is 0.337. The van der Waals surface area contributed by atoms with Gasteiger partial charge in [0.1, 0.15) is 0 Å². The zero-order valence-corrected chi connectivity index (χ0v) is 10.3. The molecule has 1 aromatic heterocycles. The predicted octanol–water partition coefficient (Wildman–Crippen LogP) is -0.617. The minimum atomic E-state index is 0.337. The normalized spacial score (nSPS) is 13.9. The highest BCUT2D eigenvalue weighted by molar-refractivity contribution is 6.34. The smallest absolute Gasteiger partial charge is 0.255 e. The highest BCUT2D eigenvalue weighted by Gasteiger charge is 2.16. The fraction of sp³-hybridized carbons (Fsp3) is 0. The van der Waals surface area contributed by atoms with Gasteiger partial charge < -0.3 is 5.21 Å². The van der Waals surface area contributed by atoms with Crippen LogP contribution in [0.2, 0.25) is 10.0 Å². The maximum absolute atomic E-state index is 11.9. The summed E-state index contributed by atoms with van der Waals surface area (Å²) in [5, 5.41) is 22.3. The zero-order valence-electron chi connectivity index (χ0n) is 8.79. The van der Waals surface area contributed by atoms with E-state index in [1.165, 1.54) is 22.2 Å². The molecular weight excluding hydrogens is 279 g/mol. The molecule has 0 radical (unpaired) electrons. The monoisotopic (exact) mass is 284 g/mol. The van der Waals surface area contributed by atoms with Crippen molar-refractivity contribution in [1.82, 2.24) is 25.5 Å². The molecule has 0 fully saturated rings. The molecule has 0 amide bonds. The highest BCUT2D eigenvalue weighted by atomic mass is 35.5. The lowest BCUT2D eigenvalue weighted by molar-refractivity contribution is 0.425. The Morgan fingerprint density at radius 1 is 1.33 bits per heavy atom. The average Bonchev–Trinajstić information content (AvgIpc) is 2.83. The first-order valence-electron chi connectivity index (χ1n) is 4.88. The van der Waals surface area contributed by atoms with Gasteiger partial charge in [-0.05, 0) is 11.3 Å². The molecule has 7 nitrogen and oxygen atoms in total. The van der Waals surface area contributed by atoms with Gasteiger partial charge in [-0.15, -0.1) is 15.0 Å².